The first-order valence-corrected chi connectivity index (χ1v) is 9.53. The number of hydrogen-bond donors (Lipinski definition) is 2. The van der Waals surface area contributed by atoms with E-state index in [-0.39, 0.29) is 11.4 Å². The van der Waals surface area contributed by atoms with Gasteiger partial charge in [0, 0.05) is 41.3 Å². The van der Waals surface area contributed by atoms with Gasteiger partial charge in [-0.3, -0.25) is 9.98 Å². The zero-order valence-electron chi connectivity index (χ0n) is 17.0. The van der Waals surface area contributed by atoms with Gasteiger partial charge in [-0.05, 0) is 37.6 Å². The second kappa shape index (κ2) is 8.87. The van der Waals surface area contributed by atoms with Crippen molar-refractivity contribution in [3.05, 3.63) is 89.4 Å². The van der Waals surface area contributed by atoms with E-state index in [1.807, 2.05) is 50.4 Å². The molecule has 0 fully saturated rings. The lowest BCUT2D eigenvalue weighted by molar-refractivity contribution is -0.134. The Morgan fingerprint density at radius 2 is 1.71 bits per heavy atom. The van der Waals surface area contributed by atoms with E-state index in [0.717, 1.165) is 33.3 Å². The van der Waals surface area contributed by atoms with E-state index in [1.54, 1.807) is 6.07 Å². The molecule has 0 radical (unpaired) electrons. The minimum Gasteiger partial charge on any atom is -0.478 e. The third-order valence-corrected chi connectivity index (χ3v) is 4.63. The van der Waals surface area contributed by atoms with Gasteiger partial charge in [0.25, 0.3) is 0 Å². The topological polar surface area (TPSA) is 99.9 Å². The highest BCUT2D eigenvalue weighted by atomic mass is 19.1. The fourth-order valence-electron chi connectivity index (χ4n) is 3.36. The molecule has 0 unspecified atom stereocenters. The average Bonchev–Trinajstić information content (AvgIpc) is 2.72. The Hall–Kier alpha value is -3.87. The highest BCUT2D eigenvalue weighted by Gasteiger charge is 2.29. The number of carboxylic acids is 2. The van der Waals surface area contributed by atoms with Gasteiger partial charge in [-0.2, -0.15) is 0 Å². The predicted octanol–water partition coefficient (Wildman–Crippen LogP) is 4.26. The van der Waals surface area contributed by atoms with Crippen molar-refractivity contribution < 1.29 is 24.2 Å². The van der Waals surface area contributed by atoms with Crippen LogP contribution in [-0.2, 0) is 16.0 Å². The van der Waals surface area contributed by atoms with Crippen LogP contribution in [0.2, 0.25) is 0 Å². The van der Waals surface area contributed by atoms with Gasteiger partial charge in [-0.15, -0.1) is 0 Å². The summed E-state index contributed by atoms with van der Waals surface area (Å²) in [4.78, 5) is 28.5. The summed E-state index contributed by atoms with van der Waals surface area (Å²) in [5.41, 5.74) is 4.01. The molecule has 4 rings (SSSR count). The molecule has 0 amide bonds. The van der Waals surface area contributed by atoms with Crippen LogP contribution in [0.15, 0.2) is 71.9 Å². The summed E-state index contributed by atoms with van der Waals surface area (Å²) in [5, 5.41) is 16.7. The number of aliphatic imine (C=N–C) groups is 1. The summed E-state index contributed by atoms with van der Waals surface area (Å²) in [6, 6.07) is 15.3. The number of halogens is 1. The molecule has 2 aromatic carbocycles. The maximum atomic E-state index is 14.3. The number of carboxylic acid groups (broad SMARTS) is 2. The molecule has 0 atom stereocenters. The van der Waals surface area contributed by atoms with Crippen molar-refractivity contribution in [1.82, 2.24) is 4.98 Å². The molecule has 1 aliphatic rings. The molecule has 6 nitrogen and oxygen atoms in total. The van der Waals surface area contributed by atoms with E-state index in [1.165, 1.54) is 6.07 Å². The maximum Gasteiger partial charge on any atom is 0.328 e. The van der Waals surface area contributed by atoms with Crippen molar-refractivity contribution in [1.29, 1.82) is 0 Å². The number of para-hydroxylation sites is 1. The van der Waals surface area contributed by atoms with Crippen LogP contribution in [0.4, 0.5) is 4.39 Å². The largest absolute Gasteiger partial charge is 0.478 e. The molecule has 0 aliphatic carbocycles. The molecule has 3 aromatic rings. The van der Waals surface area contributed by atoms with Crippen LogP contribution < -0.4 is 0 Å². The Kier molecular flexibility index (Phi) is 6.25. The maximum absolute atomic E-state index is 14.3. The number of nitrogens with zero attached hydrogens (tertiary/aromatic N) is 2. The highest BCUT2D eigenvalue weighted by Crippen LogP contribution is 2.31. The first kappa shape index (κ1) is 21.8. The first-order valence-electron chi connectivity index (χ1n) is 9.53. The van der Waals surface area contributed by atoms with Crippen molar-refractivity contribution in [3.8, 4) is 0 Å². The van der Waals surface area contributed by atoms with Crippen LogP contribution in [0.1, 0.15) is 30.5 Å². The standard InChI is InChI=1S/C20H17FN2.C4H4O4/c1-20(2)11-16-15(7-5-8-17(16)21)19(23-20)14-10-13-6-3-4-9-18(13)22-12-14;5-3(6)1-2-4(7)8/h3-10,12H,11H2,1-2H3;1-2H,(H,5,6)(H,7,8). The number of hydrogen-bond acceptors (Lipinski definition) is 4. The van der Waals surface area contributed by atoms with E-state index >= 15 is 0 Å². The summed E-state index contributed by atoms with van der Waals surface area (Å²) in [5.74, 6) is -2.67. The normalized spacial score (nSPS) is 14.4. The number of aliphatic carboxylic acids is 2. The lowest BCUT2D eigenvalue weighted by Gasteiger charge is -2.29. The summed E-state index contributed by atoms with van der Waals surface area (Å²) in [7, 11) is 0. The van der Waals surface area contributed by atoms with Gasteiger partial charge in [0.1, 0.15) is 5.82 Å². The van der Waals surface area contributed by atoms with Crippen LogP contribution in [0, 0.1) is 5.82 Å². The minimum absolute atomic E-state index is 0.156. The van der Waals surface area contributed by atoms with E-state index in [4.69, 9.17) is 15.2 Å². The number of carbonyl (C=O) groups is 2. The zero-order chi connectivity index (χ0) is 22.6. The monoisotopic (exact) mass is 420 g/mol. The van der Waals surface area contributed by atoms with E-state index in [0.29, 0.717) is 18.6 Å². The number of rotatable bonds is 3. The van der Waals surface area contributed by atoms with Crippen LogP contribution in [-0.4, -0.2) is 38.4 Å². The zero-order valence-corrected chi connectivity index (χ0v) is 17.0. The minimum atomic E-state index is -1.26. The molecule has 0 bridgehead atoms. The van der Waals surface area contributed by atoms with Crippen molar-refractivity contribution in [3.63, 3.8) is 0 Å². The number of pyridine rings is 1. The molecule has 0 spiro atoms. The Morgan fingerprint density at radius 3 is 2.39 bits per heavy atom. The fourth-order valence-corrected chi connectivity index (χ4v) is 3.36. The lowest BCUT2D eigenvalue weighted by atomic mass is 9.85. The van der Waals surface area contributed by atoms with E-state index in [9.17, 15) is 14.0 Å². The van der Waals surface area contributed by atoms with Crippen LogP contribution >= 0.6 is 0 Å². The molecule has 0 saturated heterocycles. The Bertz CT molecular complexity index is 1200. The summed E-state index contributed by atoms with van der Waals surface area (Å²) in [6.07, 6.45) is 3.56. The Morgan fingerprint density at radius 1 is 1.03 bits per heavy atom. The molecule has 0 saturated carbocycles. The smallest absolute Gasteiger partial charge is 0.328 e. The van der Waals surface area contributed by atoms with Gasteiger partial charge >= 0.3 is 11.9 Å². The highest BCUT2D eigenvalue weighted by molar-refractivity contribution is 6.15. The predicted molar refractivity (Wildman–Crippen MR) is 116 cm³/mol. The Labute approximate surface area is 178 Å². The molecule has 2 heterocycles. The van der Waals surface area contributed by atoms with Crippen molar-refractivity contribution in [2.75, 3.05) is 0 Å². The molecule has 1 aromatic heterocycles. The Balaban J connectivity index is 0.000000293. The molecular weight excluding hydrogens is 399 g/mol. The van der Waals surface area contributed by atoms with Crippen LogP contribution in [0.5, 0.6) is 0 Å². The quantitative estimate of drug-likeness (QED) is 0.617. The molecular formula is C24H21FN2O4. The van der Waals surface area contributed by atoms with Crippen molar-refractivity contribution in [2.24, 2.45) is 4.99 Å². The molecule has 2 N–H and O–H groups in total. The first-order chi connectivity index (χ1) is 14.7. The molecule has 7 heteroatoms. The third-order valence-electron chi connectivity index (χ3n) is 4.63. The van der Waals surface area contributed by atoms with Crippen molar-refractivity contribution >= 4 is 28.6 Å². The summed E-state index contributed by atoms with van der Waals surface area (Å²) >= 11 is 0. The number of aromatic nitrogens is 1. The van der Waals surface area contributed by atoms with Gasteiger partial charge in [-0.25, -0.2) is 14.0 Å². The molecule has 31 heavy (non-hydrogen) atoms. The van der Waals surface area contributed by atoms with Gasteiger partial charge in [0.15, 0.2) is 0 Å². The van der Waals surface area contributed by atoms with Crippen LogP contribution in [0.3, 0.4) is 0 Å². The van der Waals surface area contributed by atoms with Gasteiger partial charge in [-0.1, -0.05) is 30.3 Å². The van der Waals surface area contributed by atoms with E-state index in [2.05, 4.69) is 11.1 Å². The fraction of sp³-hybridized carbons (Fsp3) is 0.167. The van der Waals surface area contributed by atoms with Gasteiger partial charge < -0.3 is 10.2 Å². The summed E-state index contributed by atoms with van der Waals surface area (Å²) in [6.45, 7) is 4.08. The SMILES string of the molecule is CC1(C)Cc2c(F)cccc2C(c2cnc3ccccc3c2)=N1.O=C(O)C=CC(=O)O. The molecule has 1 aliphatic heterocycles. The van der Waals surface area contributed by atoms with Gasteiger partial charge in [0.05, 0.1) is 16.8 Å². The molecule has 158 valence electrons. The number of fused-ring (bicyclic) bond motifs is 2. The lowest BCUT2D eigenvalue weighted by Crippen LogP contribution is -2.30. The van der Waals surface area contributed by atoms with Crippen LogP contribution in [0.25, 0.3) is 10.9 Å². The van der Waals surface area contributed by atoms with Crippen molar-refractivity contribution in [2.45, 2.75) is 25.8 Å². The third kappa shape index (κ3) is 5.39. The van der Waals surface area contributed by atoms with Gasteiger partial charge in [0.2, 0.25) is 0 Å². The number of benzene rings is 2. The second-order valence-corrected chi connectivity index (χ2v) is 7.64. The summed E-state index contributed by atoms with van der Waals surface area (Å²) < 4.78 is 14.3. The average molecular weight is 420 g/mol. The second-order valence-electron chi connectivity index (χ2n) is 7.64. The van der Waals surface area contributed by atoms with E-state index < -0.39 is 11.9 Å².